The molecule has 6 heteroatoms. The molecule has 1 aliphatic rings. The van der Waals surface area contributed by atoms with Crippen LogP contribution in [0.2, 0.25) is 0 Å². The fourth-order valence-electron chi connectivity index (χ4n) is 2.42. The number of nitrogens with zero attached hydrogens (tertiary/aromatic N) is 2. The number of hydrogen-bond acceptors (Lipinski definition) is 4. The lowest BCUT2D eigenvalue weighted by molar-refractivity contribution is -0.124. The molecule has 0 bridgehead atoms. The van der Waals surface area contributed by atoms with Gasteiger partial charge in [0.05, 0.1) is 11.1 Å². The SMILES string of the molecule is CNC(=O)C1CCCN1C(=O)c1ccncc1C#CCO. The van der Waals surface area contributed by atoms with Crippen molar-refractivity contribution in [2.24, 2.45) is 0 Å². The zero-order valence-electron chi connectivity index (χ0n) is 11.8. The molecule has 1 saturated heterocycles. The Bertz CT molecular complexity index is 604. The maximum atomic E-state index is 12.6. The Morgan fingerprint density at radius 1 is 1.57 bits per heavy atom. The zero-order valence-corrected chi connectivity index (χ0v) is 11.8. The van der Waals surface area contributed by atoms with Crippen LogP contribution >= 0.6 is 0 Å². The third kappa shape index (κ3) is 3.20. The van der Waals surface area contributed by atoms with E-state index in [1.165, 1.54) is 12.4 Å². The maximum Gasteiger partial charge on any atom is 0.255 e. The standard InChI is InChI=1S/C15H17N3O3/c1-16-14(20)13-5-2-8-18(13)15(21)12-6-7-17-10-11(12)4-3-9-19/h6-7,10,13,19H,2,5,8-9H2,1H3,(H,16,20). The van der Waals surface area contributed by atoms with Crippen LogP contribution in [0.5, 0.6) is 0 Å². The molecule has 2 heterocycles. The molecule has 0 radical (unpaired) electrons. The fourth-order valence-corrected chi connectivity index (χ4v) is 2.42. The molecule has 6 nitrogen and oxygen atoms in total. The second kappa shape index (κ2) is 6.86. The van der Waals surface area contributed by atoms with Gasteiger partial charge in [-0.05, 0) is 18.9 Å². The van der Waals surface area contributed by atoms with E-state index in [-0.39, 0.29) is 18.4 Å². The first-order valence-electron chi connectivity index (χ1n) is 6.75. The smallest absolute Gasteiger partial charge is 0.255 e. The molecular formula is C15H17N3O3. The first kappa shape index (κ1) is 15.0. The molecule has 21 heavy (non-hydrogen) atoms. The summed E-state index contributed by atoms with van der Waals surface area (Å²) in [5, 5.41) is 11.4. The van der Waals surface area contributed by atoms with Crippen LogP contribution in [0.1, 0.15) is 28.8 Å². The normalized spacial score (nSPS) is 17.0. The summed E-state index contributed by atoms with van der Waals surface area (Å²) >= 11 is 0. The fraction of sp³-hybridized carbons (Fsp3) is 0.400. The van der Waals surface area contributed by atoms with Crippen LogP contribution in [0.25, 0.3) is 0 Å². The summed E-state index contributed by atoms with van der Waals surface area (Å²) < 4.78 is 0. The van der Waals surface area contributed by atoms with Crippen molar-refractivity contribution >= 4 is 11.8 Å². The number of aliphatic hydroxyl groups excluding tert-OH is 1. The number of amides is 2. The molecule has 1 fully saturated rings. The molecule has 2 amide bonds. The molecule has 0 aromatic carbocycles. The summed E-state index contributed by atoms with van der Waals surface area (Å²) in [5.74, 6) is 4.84. The molecule has 0 aliphatic carbocycles. The largest absolute Gasteiger partial charge is 0.384 e. The van der Waals surface area contributed by atoms with Gasteiger partial charge in [0, 0.05) is 26.0 Å². The van der Waals surface area contributed by atoms with Crippen LogP contribution in [0, 0.1) is 11.8 Å². The lowest BCUT2D eigenvalue weighted by Crippen LogP contribution is -2.45. The Labute approximate surface area is 123 Å². The van der Waals surface area contributed by atoms with E-state index in [0.717, 1.165) is 6.42 Å². The average Bonchev–Trinajstić information content (AvgIpc) is 3.01. The highest BCUT2D eigenvalue weighted by Crippen LogP contribution is 2.21. The first-order valence-corrected chi connectivity index (χ1v) is 6.75. The van der Waals surface area contributed by atoms with Crippen LogP contribution in [0.15, 0.2) is 18.5 Å². The van der Waals surface area contributed by atoms with Crippen molar-refractivity contribution in [2.75, 3.05) is 20.2 Å². The number of nitrogens with one attached hydrogen (secondary N) is 1. The van der Waals surface area contributed by atoms with Crippen molar-refractivity contribution < 1.29 is 14.7 Å². The molecule has 1 aromatic heterocycles. The van der Waals surface area contributed by atoms with E-state index >= 15 is 0 Å². The number of carbonyl (C=O) groups excluding carboxylic acids is 2. The molecule has 1 aromatic rings. The topological polar surface area (TPSA) is 82.5 Å². The Hall–Kier alpha value is -2.39. The minimum Gasteiger partial charge on any atom is -0.384 e. The third-order valence-corrected chi connectivity index (χ3v) is 3.42. The van der Waals surface area contributed by atoms with E-state index < -0.39 is 6.04 Å². The van der Waals surface area contributed by atoms with Crippen LogP contribution < -0.4 is 5.32 Å². The Kier molecular flexibility index (Phi) is 4.90. The predicted octanol–water partition coefficient (Wildman–Crippen LogP) is -0.224. The monoisotopic (exact) mass is 287 g/mol. The van der Waals surface area contributed by atoms with Gasteiger partial charge in [0.25, 0.3) is 5.91 Å². The zero-order chi connectivity index (χ0) is 15.2. The van der Waals surface area contributed by atoms with Crippen LogP contribution in [-0.2, 0) is 4.79 Å². The van der Waals surface area contributed by atoms with Crippen molar-refractivity contribution in [3.05, 3.63) is 29.6 Å². The van der Waals surface area contributed by atoms with Crippen molar-refractivity contribution in [1.29, 1.82) is 0 Å². The van der Waals surface area contributed by atoms with E-state index in [1.54, 1.807) is 18.0 Å². The van der Waals surface area contributed by atoms with Crippen molar-refractivity contribution in [1.82, 2.24) is 15.2 Å². The highest BCUT2D eigenvalue weighted by molar-refractivity contribution is 5.99. The second-order valence-electron chi connectivity index (χ2n) is 4.65. The number of pyridine rings is 1. The quantitative estimate of drug-likeness (QED) is 0.737. The molecule has 110 valence electrons. The van der Waals surface area contributed by atoms with Crippen LogP contribution in [-0.4, -0.2) is 53.0 Å². The van der Waals surface area contributed by atoms with Gasteiger partial charge in [-0.3, -0.25) is 14.6 Å². The predicted molar refractivity (Wildman–Crippen MR) is 76.3 cm³/mol. The Morgan fingerprint density at radius 2 is 2.38 bits per heavy atom. The molecule has 1 atom stereocenters. The van der Waals surface area contributed by atoms with Crippen molar-refractivity contribution in [2.45, 2.75) is 18.9 Å². The van der Waals surface area contributed by atoms with Gasteiger partial charge in [-0.1, -0.05) is 11.8 Å². The summed E-state index contributed by atoms with van der Waals surface area (Å²) in [6, 6.07) is 1.15. The summed E-state index contributed by atoms with van der Waals surface area (Å²) in [6.07, 6.45) is 4.46. The molecule has 0 spiro atoms. The summed E-state index contributed by atoms with van der Waals surface area (Å²) in [4.78, 5) is 30.0. The van der Waals surface area contributed by atoms with Gasteiger partial charge in [0.15, 0.2) is 0 Å². The molecule has 1 aliphatic heterocycles. The van der Waals surface area contributed by atoms with E-state index in [0.29, 0.717) is 24.1 Å². The molecule has 1 unspecified atom stereocenters. The number of hydrogen-bond donors (Lipinski definition) is 2. The lowest BCUT2D eigenvalue weighted by Gasteiger charge is -2.23. The molecule has 2 N–H and O–H groups in total. The number of rotatable bonds is 2. The third-order valence-electron chi connectivity index (χ3n) is 3.42. The highest BCUT2D eigenvalue weighted by Gasteiger charge is 2.34. The number of likely N-dealkylation sites (tertiary alicyclic amines) is 1. The number of aromatic nitrogens is 1. The van der Waals surface area contributed by atoms with Crippen molar-refractivity contribution in [3.63, 3.8) is 0 Å². The summed E-state index contributed by atoms with van der Waals surface area (Å²) in [7, 11) is 1.56. The maximum absolute atomic E-state index is 12.6. The molecular weight excluding hydrogens is 270 g/mol. The minimum atomic E-state index is -0.436. The summed E-state index contributed by atoms with van der Waals surface area (Å²) in [6.45, 7) is 0.263. The van der Waals surface area contributed by atoms with Crippen LogP contribution in [0.3, 0.4) is 0 Å². The van der Waals surface area contributed by atoms with Gasteiger partial charge in [-0.2, -0.15) is 0 Å². The number of aliphatic hydroxyl groups is 1. The van der Waals surface area contributed by atoms with E-state index in [2.05, 4.69) is 22.1 Å². The lowest BCUT2D eigenvalue weighted by atomic mass is 10.1. The van der Waals surface area contributed by atoms with Crippen molar-refractivity contribution in [3.8, 4) is 11.8 Å². The Morgan fingerprint density at radius 3 is 3.10 bits per heavy atom. The van der Waals surface area contributed by atoms with E-state index in [9.17, 15) is 9.59 Å². The number of likely N-dealkylation sites (N-methyl/N-ethyl adjacent to an activating group) is 1. The number of carbonyl (C=O) groups is 2. The van der Waals surface area contributed by atoms with E-state index in [1.807, 2.05) is 0 Å². The van der Waals surface area contributed by atoms with Gasteiger partial charge in [0.1, 0.15) is 12.6 Å². The second-order valence-corrected chi connectivity index (χ2v) is 4.65. The highest BCUT2D eigenvalue weighted by atomic mass is 16.2. The van der Waals surface area contributed by atoms with Gasteiger partial charge in [-0.15, -0.1) is 0 Å². The average molecular weight is 287 g/mol. The van der Waals surface area contributed by atoms with Gasteiger partial charge >= 0.3 is 0 Å². The van der Waals surface area contributed by atoms with Gasteiger partial charge in [-0.25, -0.2) is 0 Å². The van der Waals surface area contributed by atoms with Gasteiger partial charge in [0.2, 0.25) is 5.91 Å². The van der Waals surface area contributed by atoms with Crippen LogP contribution in [0.4, 0.5) is 0 Å². The molecule has 0 saturated carbocycles. The Balaban J connectivity index is 2.30. The first-order chi connectivity index (χ1) is 10.2. The minimum absolute atomic E-state index is 0.155. The summed E-state index contributed by atoms with van der Waals surface area (Å²) in [5.41, 5.74) is 0.862. The van der Waals surface area contributed by atoms with Gasteiger partial charge < -0.3 is 15.3 Å². The van der Waals surface area contributed by atoms with E-state index in [4.69, 9.17) is 5.11 Å². The molecule has 2 rings (SSSR count).